The molecule has 0 saturated carbocycles. The van der Waals surface area contributed by atoms with E-state index >= 15 is 0 Å². The second-order valence-electron chi connectivity index (χ2n) is 9.97. The van der Waals surface area contributed by atoms with Crippen molar-refractivity contribution >= 4 is 66.2 Å². The molecule has 0 bridgehead atoms. The van der Waals surface area contributed by atoms with Crippen molar-refractivity contribution in [3.63, 3.8) is 0 Å². The van der Waals surface area contributed by atoms with Crippen LogP contribution in [0.5, 0.6) is 0 Å². The quantitative estimate of drug-likeness (QED) is 0.295. The van der Waals surface area contributed by atoms with Gasteiger partial charge in [0.25, 0.3) is 11.8 Å². The second kappa shape index (κ2) is 9.04. The van der Waals surface area contributed by atoms with Crippen LogP contribution in [0.4, 0.5) is 0 Å². The molecule has 192 valence electrons. The van der Waals surface area contributed by atoms with Crippen molar-refractivity contribution in [3.05, 3.63) is 95.6 Å². The number of carbonyl (C=O) groups is 2. The van der Waals surface area contributed by atoms with Gasteiger partial charge in [-0.25, -0.2) is 0 Å². The fourth-order valence-corrected chi connectivity index (χ4v) is 6.38. The first kappa shape index (κ1) is 23.6. The summed E-state index contributed by atoms with van der Waals surface area (Å²) in [6, 6.07) is 24.2. The van der Waals surface area contributed by atoms with Crippen LogP contribution < -0.4 is 5.32 Å². The fourth-order valence-electron chi connectivity index (χ4n) is 5.44. The number of hydrogen-bond donors (Lipinski definition) is 1. The number of nitrogens with zero attached hydrogens (tertiary/aromatic N) is 4. The summed E-state index contributed by atoms with van der Waals surface area (Å²) in [6.07, 6.45) is 1.98. The SMILES string of the molecule is CN(C)CCn1nc(C2=C(c3cn(-c4csc5ccccc45)c4ccccc34)C(=O)NC2=O)c2ccccc21. The van der Waals surface area contributed by atoms with E-state index in [0.717, 1.165) is 39.4 Å². The molecule has 3 aromatic carbocycles. The van der Waals surface area contributed by atoms with E-state index in [0.29, 0.717) is 28.9 Å². The van der Waals surface area contributed by atoms with Gasteiger partial charge in [0, 0.05) is 44.5 Å². The summed E-state index contributed by atoms with van der Waals surface area (Å²) in [5.41, 5.74) is 4.86. The summed E-state index contributed by atoms with van der Waals surface area (Å²) in [6.45, 7) is 1.46. The van der Waals surface area contributed by atoms with Gasteiger partial charge in [0.15, 0.2) is 0 Å². The van der Waals surface area contributed by atoms with Gasteiger partial charge in [0.1, 0.15) is 5.69 Å². The maximum absolute atomic E-state index is 13.4. The number of nitrogens with one attached hydrogen (secondary N) is 1. The van der Waals surface area contributed by atoms with Crippen LogP contribution in [0.1, 0.15) is 11.3 Å². The van der Waals surface area contributed by atoms with Gasteiger partial charge in [-0.15, -0.1) is 11.3 Å². The molecule has 2 amide bonds. The lowest BCUT2D eigenvalue weighted by Gasteiger charge is -2.09. The molecule has 3 aromatic heterocycles. The molecular weight excluding hydrogens is 506 g/mol. The third kappa shape index (κ3) is 3.71. The Labute approximate surface area is 228 Å². The summed E-state index contributed by atoms with van der Waals surface area (Å²) in [4.78, 5) is 28.9. The maximum Gasteiger partial charge on any atom is 0.261 e. The molecule has 7 rings (SSSR count). The first-order valence-corrected chi connectivity index (χ1v) is 13.7. The predicted octanol–water partition coefficient (Wildman–Crippen LogP) is 5.32. The van der Waals surface area contributed by atoms with Crippen LogP contribution in [0.2, 0.25) is 0 Å². The zero-order valence-corrected chi connectivity index (χ0v) is 22.3. The molecule has 1 aliphatic heterocycles. The number of rotatable bonds is 6. The number of carbonyl (C=O) groups excluding carboxylic acids is 2. The van der Waals surface area contributed by atoms with E-state index < -0.39 is 11.8 Å². The van der Waals surface area contributed by atoms with E-state index in [4.69, 9.17) is 5.10 Å². The molecule has 39 heavy (non-hydrogen) atoms. The number of fused-ring (bicyclic) bond motifs is 3. The molecule has 0 fully saturated rings. The Kier molecular flexibility index (Phi) is 5.47. The molecule has 8 heteroatoms. The Morgan fingerprint density at radius 2 is 1.49 bits per heavy atom. The summed E-state index contributed by atoms with van der Waals surface area (Å²) in [5.74, 6) is -0.823. The Morgan fingerprint density at radius 1 is 0.821 bits per heavy atom. The second-order valence-corrected chi connectivity index (χ2v) is 10.9. The van der Waals surface area contributed by atoms with Crippen molar-refractivity contribution < 1.29 is 9.59 Å². The summed E-state index contributed by atoms with van der Waals surface area (Å²) >= 11 is 1.69. The third-order valence-corrected chi connectivity index (χ3v) is 8.24. The first-order valence-electron chi connectivity index (χ1n) is 12.8. The minimum atomic E-state index is -0.421. The number of benzene rings is 3. The van der Waals surface area contributed by atoms with Gasteiger partial charge in [-0.3, -0.25) is 19.6 Å². The number of para-hydroxylation sites is 2. The number of likely N-dealkylation sites (N-methyl/N-ethyl adjacent to an activating group) is 1. The molecule has 0 atom stereocenters. The lowest BCUT2D eigenvalue weighted by molar-refractivity contribution is -0.122. The lowest BCUT2D eigenvalue weighted by atomic mass is 9.97. The van der Waals surface area contributed by atoms with E-state index in [1.54, 1.807) is 11.3 Å². The van der Waals surface area contributed by atoms with Gasteiger partial charge in [-0.1, -0.05) is 54.6 Å². The summed E-state index contributed by atoms with van der Waals surface area (Å²) in [5, 5.41) is 12.5. The normalized spacial score (nSPS) is 14.0. The van der Waals surface area contributed by atoms with Crippen LogP contribution in [0.15, 0.2) is 84.4 Å². The van der Waals surface area contributed by atoms with Gasteiger partial charge in [0.2, 0.25) is 0 Å². The minimum absolute atomic E-state index is 0.317. The van der Waals surface area contributed by atoms with Gasteiger partial charge >= 0.3 is 0 Å². The lowest BCUT2D eigenvalue weighted by Crippen LogP contribution is -2.23. The topological polar surface area (TPSA) is 72.2 Å². The Hall–Kier alpha value is -4.53. The molecule has 0 spiro atoms. The fraction of sp³-hybridized carbons (Fsp3) is 0.129. The summed E-state index contributed by atoms with van der Waals surface area (Å²) < 4.78 is 5.24. The van der Waals surface area contributed by atoms with Crippen LogP contribution in [-0.2, 0) is 16.1 Å². The minimum Gasteiger partial charge on any atom is -0.314 e. The van der Waals surface area contributed by atoms with Crippen LogP contribution in [0.3, 0.4) is 0 Å². The number of aromatic nitrogens is 3. The Morgan fingerprint density at radius 3 is 2.28 bits per heavy atom. The van der Waals surface area contributed by atoms with E-state index in [1.807, 2.05) is 85.6 Å². The van der Waals surface area contributed by atoms with Gasteiger partial charge in [-0.05, 0) is 32.3 Å². The number of hydrogen-bond acceptors (Lipinski definition) is 5. The average Bonchev–Trinajstić information content (AvgIpc) is 3.69. The predicted molar refractivity (Wildman–Crippen MR) is 157 cm³/mol. The largest absolute Gasteiger partial charge is 0.314 e. The molecule has 0 aliphatic carbocycles. The molecular formula is C31H25N5O2S. The van der Waals surface area contributed by atoms with Crippen LogP contribution in [0, 0.1) is 0 Å². The van der Waals surface area contributed by atoms with E-state index in [2.05, 4.69) is 32.3 Å². The Balaban J connectivity index is 1.49. The molecule has 7 nitrogen and oxygen atoms in total. The van der Waals surface area contributed by atoms with Crippen molar-refractivity contribution in [2.24, 2.45) is 0 Å². The van der Waals surface area contributed by atoms with Gasteiger partial charge < -0.3 is 9.47 Å². The number of thiophene rings is 1. The monoisotopic (exact) mass is 531 g/mol. The van der Waals surface area contributed by atoms with E-state index in [-0.39, 0.29) is 0 Å². The highest BCUT2D eigenvalue weighted by Crippen LogP contribution is 2.40. The molecule has 1 aliphatic rings. The average molecular weight is 532 g/mol. The van der Waals surface area contributed by atoms with Crippen molar-refractivity contribution in [3.8, 4) is 5.69 Å². The third-order valence-electron chi connectivity index (χ3n) is 7.29. The number of imide groups is 1. The van der Waals surface area contributed by atoms with Crippen molar-refractivity contribution in [2.75, 3.05) is 20.6 Å². The van der Waals surface area contributed by atoms with E-state index in [1.165, 1.54) is 4.70 Å². The standard InChI is InChI=1S/C31H25N5O2S/c1-34(2)15-16-36-24-13-7-4-11-21(24)29(33-36)28-27(30(37)32-31(28)38)22-17-35(23-12-6-3-9-19(22)23)25-18-39-26-14-8-5-10-20(25)26/h3-14,17-18H,15-16H2,1-2H3,(H,32,37,38). The zero-order chi connectivity index (χ0) is 26.7. The molecule has 1 N–H and O–H groups in total. The number of amides is 2. The van der Waals surface area contributed by atoms with Gasteiger partial charge in [0.05, 0.1) is 34.4 Å². The maximum atomic E-state index is 13.4. The Bertz CT molecular complexity index is 1970. The molecule has 0 radical (unpaired) electrons. The smallest absolute Gasteiger partial charge is 0.261 e. The molecule has 0 unspecified atom stereocenters. The molecule has 0 saturated heterocycles. The van der Waals surface area contributed by atoms with E-state index in [9.17, 15) is 9.59 Å². The summed E-state index contributed by atoms with van der Waals surface area (Å²) in [7, 11) is 4.03. The van der Waals surface area contributed by atoms with Crippen molar-refractivity contribution in [1.29, 1.82) is 0 Å². The van der Waals surface area contributed by atoms with Crippen LogP contribution in [-0.4, -0.2) is 51.7 Å². The van der Waals surface area contributed by atoms with Crippen LogP contribution >= 0.6 is 11.3 Å². The highest BCUT2D eigenvalue weighted by molar-refractivity contribution is 7.17. The van der Waals surface area contributed by atoms with Gasteiger partial charge in [-0.2, -0.15) is 5.10 Å². The molecule has 4 heterocycles. The van der Waals surface area contributed by atoms with Crippen molar-refractivity contribution in [2.45, 2.75) is 6.54 Å². The first-order chi connectivity index (χ1) is 19.0. The molecule has 6 aromatic rings. The highest BCUT2D eigenvalue weighted by Gasteiger charge is 2.36. The van der Waals surface area contributed by atoms with Crippen molar-refractivity contribution in [1.82, 2.24) is 24.6 Å². The highest BCUT2D eigenvalue weighted by atomic mass is 32.1. The zero-order valence-electron chi connectivity index (χ0n) is 21.5. The van der Waals surface area contributed by atoms with Crippen LogP contribution in [0.25, 0.3) is 48.7 Å².